The fraction of sp³-hybridized carbons (Fsp3) is 0.600. The summed E-state index contributed by atoms with van der Waals surface area (Å²) in [5.74, 6) is 0.702. The Bertz CT molecular complexity index is 1030. The minimum Gasteiger partial charge on any atom is -0.424 e. The molecule has 6 heteroatoms. The van der Waals surface area contributed by atoms with Crippen LogP contribution in [0.3, 0.4) is 0 Å². The van der Waals surface area contributed by atoms with Crippen molar-refractivity contribution in [3.05, 3.63) is 60.7 Å². The lowest BCUT2D eigenvalue weighted by Gasteiger charge is -2.43. The molecule has 0 amide bonds. The van der Waals surface area contributed by atoms with E-state index in [1.807, 2.05) is 12.1 Å². The molecule has 196 valence electrons. The predicted octanol–water partition coefficient (Wildman–Crippen LogP) is 5.07. The van der Waals surface area contributed by atoms with Crippen molar-refractivity contribution in [3.8, 4) is 0 Å². The molecule has 1 N–H and O–H groups in total. The van der Waals surface area contributed by atoms with E-state index in [-0.39, 0.29) is 27.3 Å². The highest BCUT2D eigenvalue weighted by Gasteiger charge is 2.84. The Morgan fingerprint density at radius 3 is 1.83 bits per heavy atom. The molecule has 1 unspecified atom stereocenters. The van der Waals surface area contributed by atoms with Crippen LogP contribution in [-0.2, 0) is 9.16 Å². The second-order valence-corrected chi connectivity index (χ2v) is 22.4. The third-order valence-corrected chi connectivity index (χ3v) is 19.4. The fourth-order valence-corrected chi connectivity index (χ4v) is 12.2. The van der Waals surface area contributed by atoms with Crippen molar-refractivity contribution < 1.29 is 14.0 Å². The zero-order valence-corrected chi connectivity index (χ0v) is 26.2. The van der Waals surface area contributed by atoms with Crippen LogP contribution >= 0.6 is 0 Å². The van der Waals surface area contributed by atoms with Gasteiger partial charge in [-0.05, 0) is 46.4 Å². The van der Waals surface area contributed by atoms with E-state index >= 15 is 0 Å². The molecule has 5 atom stereocenters. The largest absolute Gasteiger partial charge is 0.424 e. The van der Waals surface area contributed by atoms with Gasteiger partial charge in [-0.15, -0.1) is 0 Å². The molecule has 2 aliphatic rings. The number of hydrogen-bond acceptors (Lipinski definition) is 3. The van der Waals surface area contributed by atoms with E-state index in [0.717, 1.165) is 23.2 Å². The fourth-order valence-electron chi connectivity index (χ4n) is 6.75. The molecule has 1 aliphatic carbocycles. The standard InChI is InChI=1S/C30H47BO3Si2/c1-22-26(31)33-29(23(2)30(22,29)34-35(8,9)27(3,4)5)21-20-28(6,7)36(32,24-16-12-10-13-17-24)25-18-14-11-15-19-25/h10-19,22-23,26,32H,20-21,31H2,1-9H3/t22-,23?,26+,29-,30+/m0/s1. The van der Waals surface area contributed by atoms with Crippen molar-refractivity contribution in [3.63, 3.8) is 0 Å². The van der Waals surface area contributed by atoms with Gasteiger partial charge in [0.1, 0.15) is 13.4 Å². The second kappa shape index (κ2) is 8.94. The van der Waals surface area contributed by atoms with Gasteiger partial charge in [-0.2, -0.15) is 0 Å². The van der Waals surface area contributed by atoms with Crippen molar-refractivity contribution in [1.82, 2.24) is 0 Å². The lowest BCUT2D eigenvalue weighted by Crippen LogP contribution is -2.65. The molecule has 0 aromatic heterocycles. The molecule has 36 heavy (non-hydrogen) atoms. The lowest BCUT2D eigenvalue weighted by molar-refractivity contribution is 0.00822. The summed E-state index contributed by atoms with van der Waals surface area (Å²) in [5.41, 5.74) is -0.508. The highest BCUT2D eigenvalue weighted by atomic mass is 28.4. The highest BCUT2D eigenvalue weighted by molar-refractivity contribution is 6.98. The van der Waals surface area contributed by atoms with Gasteiger partial charge in [0.25, 0.3) is 8.32 Å². The van der Waals surface area contributed by atoms with Gasteiger partial charge in [-0.25, -0.2) is 0 Å². The first-order chi connectivity index (χ1) is 16.6. The zero-order valence-electron chi connectivity index (χ0n) is 24.2. The van der Waals surface area contributed by atoms with Gasteiger partial charge in [0.15, 0.2) is 8.32 Å². The average molecular weight is 523 g/mol. The molecular formula is C30H47BO3Si2. The van der Waals surface area contributed by atoms with Crippen molar-refractivity contribution in [1.29, 1.82) is 0 Å². The predicted molar refractivity (Wildman–Crippen MR) is 159 cm³/mol. The van der Waals surface area contributed by atoms with Crippen LogP contribution in [-0.4, -0.2) is 46.5 Å². The Labute approximate surface area is 222 Å². The summed E-state index contributed by atoms with van der Waals surface area (Å²) < 4.78 is 14.2. The number of fused-ring (bicyclic) bond motifs is 1. The normalized spacial score (nSPS) is 30.8. The van der Waals surface area contributed by atoms with Crippen LogP contribution < -0.4 is 10.4 Å². The molecule has 0 radical (unpaired) electrons. The van der Waals surface area contributed by atoms with E-state index in [2.05, 4.69) is 118 Å². The summed E-state index contributed by atoms with van der Waals surface area (Å²) in [4.78, 5) is 12.7. The number of ether oxygens (including phenoxy) is 1. The Hall–Kier alpha value is -1.18. The molecule has 0 spiro atoms. The van der Waals surface area contributed by atoms with E-state index in [1.54, 1.807) is 0 Å². The molecule has 1 heterocycles. The summed E-state index contributed by atoms with van der Waals surface area (Å²) in [6.07, 6.45) is 1.78. The highest BCUT2D eigenvalue weighted by Crippen LogP contribution is 2.72. The first kappa shape index (κ1) is 27.8. The monoisotopic (exact) mass is 522 g/mol. The quantitative estimate of drug-likeness (QED) is 0.492. The van der Waals surface area contributed by atoms with Crippen LogP contribution in [0.1, 0.15) is 61.3 Å². The second-order valence-electron chi connectivity index (χ2n) is 13.7. The molecule has 2 aromatic carbocycles. The minimum atomic E-state index is -3.06. The van der Waals surface area contributed by atoms with Gasteiger partial charge < -0.3 is 14.0 Å². The summed E-state index contributed by atoms with van der Waals surface area (Å²) >= 11 is 0. The lowest BCUT2D eigenvalue weighted by atomic mass is 9.83. The average Bonchev–Trinajstić information content (AvgIpc) is 3.21. The summed E-state index contributed by atoms with van der Waals surface area (Å²) in [5, 5.41) is 1.99. The molecule has 2 fully saturated rings. The molecule has 3 nitrogen and oxygen atoms in total. The number of benzene rings is 2. The van der Waals surface area contributed by atoms with Crippen molar-refractivity contribution in [2.24, 2.45) is 11.8 Å². The van der Waals surface area contributed by atoms with Crippen LogP contribution in [0, 0.1) is 11.8 Å². The van der Waals surface area contributed by atoms with Gasteiger partial charge in [-0.3, -0.25) is 0 Å². The third-order valence-electron chi connectivity index (χ3n) is 10.4. The first-order valence-electron chi connectivity index (χ1n) is 13.8. The maximum atomic E-state index is 12.7. The molecule has 2 aromatic rings. The third kappa shape index (κ3) is 3.94. The molecule has 1 saturated carbocycles. The van der Waals surface area contributed by atoms with Crippen LogP contribution in [0.2, 0.25) is 23.2 Å². The Kier molecular flexibility index (Phi) is 6.92. The molecule has 0 bridgehead atoms. The number of hydrogen-bond donors (Lipinski definition) is 1. The Balaban J connectivity index is 1.68. The topological polar surface area (TPSA) is 38.7 Å². The van der Waals surface area contributed by atoms with Crippen molar-refractivity contribution in [2.45, 2.75) is 102 Å². The van der Waals surface area contributed by atoms with Crippen molar-refractivity contribution >= 4 is 34.9 Å². The van der Waals surface area contributed by atoms with Gasteiger partial charge in [-0.1, -0.05) is 109 Å². The van der Waals surface area contributed by atoms with Crippen LogP contribution in [0.4, 0.5) is 0 Å². The van der Waals surface area contributed by atoms with Gasteiger partial charge in [0.2, 0.25) is 0 Å². The molecule has 1 saturated heterocycles. The van der Waals surface area contributed by atoms with Gasteiger partial charge in [0.05, 0.1) is 5.60 Å². The van der Waals surface area contributed by atoms with Crippen LogP contribution in [0.5, 0.6) is 0 Å². The molecular weight excluding hydrogens is 475 g/mol. The van der Waals surface area contributed by atoms with Crippen molar-refractivity contribution in [2.75, 3.05) is 0 Å². The maximum Gasteiger partial charge on any atom is 0.258 e. The zero-order chi connectivity index (χ0) is 26.8. The Morgan fingerprint density at radius 1 is 0.917 bits per heavy atom. The van der Waals surface area contributed by atoms with Crippen LogP contribution in [0.15, 0.2) is 60.7 Å². The summed E-state index contributed by atoms with van der Waals surface area (Å²) in [6.45, 7) is 20.9. The molecule has 4 rings (SSSR count). The smallest absolute Gasteiger partial charge is 0.258 e. The van der Waals surface area contributed by atoms with Gasteiger partial charge in [0, 0.05) is 17.8 Å². The van der Waals surface area contributed by atoms with E-state index in [9.17, 15) is 4.80 Å². The first-order valence-corrected chi connectivity index (χ1v) is 18.6. The van der Waals surface area contributed by atoms with Crippen LogP contribution in [0.25, 0.3) is 0 Å². The Morgan fingerprint density at radius 2 is 1.39 bits per heavy atom. The summed E-state index contributed by atoms with van der Waals surface area (Å²) in [6, 6.07) is 20.9. The maximum absolute atomic E-state index is 12.7. The summed E-state index contributed by atoms with van der Waals surface area (Å²) in [7, 11) is -2.84. The minimum absolute atomic E-state index is 0.147. The van der Waals surface area contributed by atoms with E-state index in [0.29, 0.717) is 11.8 Å². The van der Waals surface area contributed by atoms with E-state index in [1.165, 1.54) is 0 Å². The van der Waals surface area contributed by atoms with E-state index < -0.39 is 16.6 Å². The van der Waals surface area contributed by atoms with E-state index in [4.69, 9.17) is 9.16 Å². The van der Waals surface area contributed by atoms with Gasteiger partial charge >= 0.3 is 0 Å². The molecule has 1 aliphatic heterocycles. The number of rotatable bonds is 8. The SMILES string of the molecule is B[C@@H]1O[C@@]2(CCC(C)(C)[Si](O)(c3ccccc3)c3ccccc3)C(C)[C@]2(O[Si](C)(C)C(C)(C)C)[C@H]1C.